The molecule has 0 aromatic carbocycles. The first kappa shape index (κ1) is 52.0. The lowest BCUT2D eigenvalue weighted by Crippen LogP contribution is -2.41. The molecule has 1 aliphatic rings. The van der Waals surface area contributed by atoms with Crippen LogP contribution in [0, 0.1) is 0 Å². The van der Waals surface area contributed by atoms with Crippen LogP contribution >= 0.6 is 0 Å². The molecule has 0 aromatic rings. The summed E-state index contributed by atoms with van der Waals surface area (Å²) in [7, 11) is 0. The van der Waals surface area contributed by atoms with Gasteiger partial charge in [-0.1, -0.05) is 77.0 Å². The number of nitrogens with one attached hydrogen (secondary N) is 2. The van der Waals surface area contributed by atoms with Crippen molar-refractivity contribution in [2.45, 2.75) is 147 Å². The van der Waals surface area contributed by atoms with Crippen LogP contribution in [0.15, 0.2) is 0 Å². The monoisotopic (exact) mass is 829 g/mol. The number of carboxylic acids is 2. The topological polar surface area (TPSA) is 250 Å². The van der Waals surface area contributed by atoms with Crippen LogP contribution in [0.5, 0.6) is 0 Å². The third-order valence-electron chi connectivity index (χ3n) is 9.10. The molecular weight excluding hydrogens is 762 g/mol. The van der Waals surface area contributed by atoms with Gasteiger partial charge in [-0.2, -0.15) is 0 Å². The Labute approximate surface area is 341 Å². The van der Waals surface area contributed by atoms with Gasteiger partial charge in [-0.3, -0.25) is 28.8 Å². The number of carbonyl (C=O) groups excluding carboxylic acids is 6. The third kappa shape index (κ3) is 30.1. The predicted octanol–water partition coefficient (Wildman–Crippen LogP) is 3.80. The van der Waals surface area contributed by atoms with Crippen LogP contribution in [0.2, 0.25) is 0 Å². The zero-order valence-electron chi connectivity index (χ0n) is 34.1. The van der Waals surface area contributed by atoms with Gasteiger partial charge in [0, 0.05) is 51.7 Å². The Hall–Kier alpha value is -4.00. The fourth-order valence-corrected chi connectivity index (χ4v) is 5.87. The van der Waals surface area contributed by atoms with Gasteiger partial charge in [0.25, 0.3) is 11.8 Å². The summed E-state index contributed by atoms with van der Waals surface area (Å²) in [5.74, 6) is -4.70. The smallest absolute Gasteiger partial charge is 0.358 e. The zero-order chi connectivity index (χ0) is 42.6. The zero-order valence-corrected chi connectivity index (χ0v) is 34.1. The maximum atomic E-state index is 12.3. The molecule has 1 atom stereocenters. The minimum atomic E-state index is -1.17. The first-order chi connectivity index (χ1) is 28.0. The number of rotatable bonds is 40. The van der Waals surface area contributed by atoms with E-state index in [0.29, 0.717) is 24.5 Å². The SMILES string of the molecule is O=C(O)CCCCCCCCCCCCCCCCC(=O)N[C@@H](CCC(=O)CCCOCCOCC(=O)NCCOCCOCC(=O)ON1C(=O)CCC1=O)C(=O)O. The number of ether oxygens (including phenoxy) is 4. The molecule has 4 N–H and O–H groups in total. The van der Waals surface area contributed by atoms with Crippen molar-refractivity contribution in [1.29, 1.82) is 0 Å². The number of hydroxylamine groups is 2. The highest BCUT2D eigenvalue weighted by Crippen LogP contribution is 2.15. The van der Waals surface area contributed by atoms with E-state index in [1.54, 1.807) is 0 Å². The van der Waals surface area contributed by atoms with Crippen LogP contribution < -0.4 is 10.6 Å². The number of hydrogen-bond acceptors (Lipinski definition) is 13. The number of carbonyl (C=O) groups is 8. The number of hydrogen-bond donors (Lipinski definition) is 4. The highest BCUT2D eigenvalue weighted by molar-refractivity contribution is 6.01. The molecule has 332 valence electrons. The lowest BCUT2D eigenvalue weighted by atomic mass is 10.0. The van der Waals surface area contributed by atoms with Crippen molar-refractivity contribution < 1.29 is 72.4 Å². The highest BCUT2D eigenvalue weighted by atomic mass is 16.7. The van der Waals surface area contributed by atoms with Gasteiger partial charge >= 0.3 is 17.9 Å². The highest BCUT2D eigenvalue weighted by Gasteiger charge is 2.32. The molecule has 0 saturated carbocycles. The molecule has 0 radical (unpaired) electrons. The molecule has 18 heteroatoms. The maximum absolute atomic E-state index is 12.3. The molecule has 1 heterocycles. The van der Waals surface area contributed by atoms with Gasteiger partial charge in [-0.15, -0.1) is 5.06 Å². The Balaban J connectivity index is 1.91. The van der Waals surface area contributed by atoms with Gasteiger partial charge in [0.05, 0.1) is 33.0 Å². The number of nitrogens with zero attached hydrogens (tertiary/aromatic N) is 1. The molecular formula is C40H67N3O15. The summed E-state index contributed by atoms with van der Waals surface area (Å²) in [6, 6.07) is -1.11. The number of unbranched alkanes of at least 4 members (excludes halogenated alkanes) is 13. The normalized spacial score (nSPS) is 13.1. The first-order valence-corrected chi connectivity index (χ1v) is 20.9. The predicted molar refractivity (Wildman–Crippen MR) is 208 cm³/mol. The van der Waals surface area contributed by atoms with E-state index in [1.807, 2.05) is 0 Å². The van der Waals surface area contributed by atoms with E-state index in [-0.39, 0.29) is 109 Å². The maximum Gasteiger partial charge on any atom is 0.358 e. The molecule has 18 nitrogen and oxygen atoms in total. The second-order valence-electron chi connectivity index (χ2n) is 14.2. The lowest BCUT2D eigenvalue weighted by Gasteiger charge is -2.14. The number of imide groups is 1. The van der Waals surface area contributed by atoms with Gasteiger partial charge in [-0.25, -0.2) is 9.59 Å². The number of ketones is 1. The molecule has 0 spiro atoms. The summed E-state index contributed by atoms with van der Waals surface area (Å²) in [5.41, 5.74) is 0. The van der Waals surface area contributed by atoms with E-state index >= 15 is 0 Å². The van der Waals surface area contributed by atoms with Crippen LogP contribution in [0.25, 0.3) is 0 Å². The van der Waals surface area contributed by atoms with Gasteiger partial charge in [0.1, 0.15) is 25.0 Å². The van der Waals surface area contributed by atoms with Crippen LogP contribution in [-0.4, -0.2) is 128 Å². The van der Waals surface area contributed by atoms with E-state index < -0.39 is 42.4 Å². The van der Waals surface area contributed by atoms with Crippen molar-refractivity contribution in [1.82, 2.24) is 15.7 Å². The molecule has 0 bridgehead atoms. The number of amides is 4. The Morgan fingerprint density at radius 3 is 1.60 bits per heavy atom. The summed E-state index contributed by atoms with van der Waals surface area (Å²) in [6.45, 7) is 0.646. The van der Waals surface area contributed by atoms with Crippen molar-refractivity contribution in [2.24, 2.45) is 0 Å². The van der Waals surface area contributed by atoms with E-state index in [1.165, 1.54) is 44.9 Å². The summed E-state index contributed by atoms with van der Waals surface area (Å²) in [6.07, 6.45) is 16.3. The molecule has 1 rings (SSSR count). The van der Waals surface area contributed by atoms with Crippen molar-refractivity contribution in [3.05, 3.63) is 0 Å². The fourth-order valence-electron chi connectivity index (χ4n) is 5.87. The van der Waals surface area contributed by atoms with Crippen molar-refractivity contribution in [2.75, 3.05) is 59.4 Å². The molecule has 0 aliphatic carbocycles. The Kier molecular flexibility index (Phi) is 31.4. The van der Waals surface area contributed by atoms with Crippen molar-refractivity contribution in [3.63, 3.8) is 0 Å². The van der Waals surface area contributed by atoms with E-state index in [2.05, 4.69) is 15.5 Å². The Morgan fingerprint density at radius 2 is 1.05 bits per heavy atom. The summed E-state index contributed by atoms with van der Waals surface area (Å²) < 4.78 is 21.0. The molecule has 0 aromatic heterocycles. The number of aliphatic carboxylic acids is 2. The molecule has 0 unspecified atom stereocenters. The van der Waals surface area contributed by atoms with Crippen LogP contribution in [0.4, 0.5) is 0 Å². The Morgan fingerprint density at radius 1 is 0.552 bits per heavy atom. The standard InChI is InChI=1S/C40H67N3O15/c44-32(19-20-33(40(52)53)42-34(45)17-13-11-9-7-5-3-1-2-4-6-8-10-12-14-18-38(49)50)16-15-24-54-26-28-56-30-35(46)41-23-25-55-27-29-57-31-39(51)58-43-36(47)21-22-37(43)48/h33H,1-31H2,(H,41,46)(H,42,45)(H,49,50)(H,52,53)/t33-/m0/s1. The average molecular weight is 830 g/mol. The van der Waals surface area contributed by atoms with E-state index in [9.17, 15) is 43.5 Å². The lowest BCUT2D eigenvalue weighted by molar-refractivity contribution is -0.200. The first-order valence-electron chi connectivity index (χ1n) is 20.9. The van der Waals surface area contributed by atoms with Gasteiger partial charge in [-0.05, 0) is 25.7 Å². The molecule has 1 saturated heterocycles. The molecule has 1 aliphatic heterocycles. The van der Waals surface area contributed by atoms with Gasteiger partial charge in [0.15, 0.2) is 0 Å². The minimum absolute atomic E-state index is 0.00404. The quantitative estimate of drug-likeness (QED) is 0.0507. The minimum Gasteiger partial charge on any atom is -0.481 e. The van der Waals surface area contributed by atoms with Gasteiger partial charge in [0.2, 0.25) is 11.8 Å². The number of Topliss-reactive ketones (excluding diaryl/α,β-unsaturated/α-hetero) is 1. The van der Waals surface area contributed by atoms with E-state index in [4.69, 9.17) is 24.1 Å². The summed E-state index contributed by atoms with van der Waals surface area (Å²) in [5, 5.41) is 23.8. The summed E-state index contributed by atoms with van der Waals surface area (Å²) >= 11 is 0. The van der Waals surface area contributed by atoms with Crippen molar-refractivity contribution in [3.8, 4) is 0 Å². The van der Waals surface area contributed by atoms with Crippen LogP contribution in [0.1, 0.15) is 141 Å². The molecule has 1 fully saturated rings. The largest absolute Gasteiger partial charge is 0.481 e. The third-order valence-corrected chi connectivity index (χ3v) is 9.10. The van der Waals surface area contributed by atoms with E-state index in [0.717, 1.165) is 38.5 Å². The number of carboxylic acid groups (broad SMARTS) is 2. The fraction of sp³-hybridized carbons (Fsp3) is 0.800. The van der Waals surface area contributed by atoms with Crippen molar-refractivity contribution >= 4 is 47.3 Å². The Bertz CT molecular complexity index is 1220. The second kappa shape index (κ2) is 35.0. The molecule has 58 heavy (non-hydrogen) atoms. The van der Waals surface area contributed by atoms with Gasteiger partial charge < -0.3 is 44.6 Å². The molecule has 4 amide bonds. The second-order valence-corrected chi connectivity index (χ2v) is 14.2. The van der Waals surface area contributed by atoms with Crippen LogP contribution in [-0.2, 0) is 62.1 Å². The van der Waals surface area contributed by atoms with Crippen LogP contribution in [0.3, 0.4) is 0 Å². The summed E-state index contributed by atoms with van der Waals surface area (Å²) in [4.78, 5) is 97.7. The average Bonchev–Trinajstić information content (AvgIpc) is 3.50.